The van der Waals surface area contributed by atoms with Gasteiger partial charge in [-0.2, -0.15) is 0 Å². The van der Waals surface area contributed by atoms with Crippen LogP contribution in [0.3, 0.4) is 0 Å². The molecular weight excluding hydrogens is 232 g/mol. The number of nitrogens with zero attached hydrogens (tertiary/aromatic N) is 1. The molecule has 1 aliphatic rings. The highest BCUT2D eigenvalue weighted by atomic mass is 16.5. The van der Waals surface area contributed by atoms with E-state index in [4.69, 9.17) is 4.74 Å². The van der Waals surface area contributed by atoms with E-state index in [0.717, 1.165) is 25.9 Å². The predicted molar refractivity (Wildman–Crippen MR) is 69.0 cm³/mol. The molecule has 0 spiro atoms. The highest BCUT2D eigenvalue weighted by molar-refractivity contribution is 5.88. The zero-order valence-corrected chi connectivity index (χ0v) is 11.2. The van der Waals surface area contributed by atoms with Crippen molar-refractivity contribution in [2.75, 3.05) is 33.3 Å². The van der Waals surface area contributed by atoms with Crippen LogP contribution in [0.1, 0.15) is 19.8 Å². The van der Waals surface area contributed by atoms with Crippen LogP contribution in [0.25, 0.3) is 0 Å². The first-order valence-corrected chi connectivity index (χ1v) is 6.37. The van der Waals surface area contributed by atoms with E-state index < -0.39 is 0 Å². The second-order valence-corrected chi connectivity index (χ2v) is 4.49. The molecule has 0 aromatic carbocycles. The Balaban J connectivity index is 2.33. The van der Waals surface area contributed by atoms with E-state index in [1.165, 1.54) is 0 Å². The first-order chi connectivity index (χ1) is 8.58. The summed E-state index contributed by atoms with van der Waals surface area (Å²) >= 11 is 0. The molecule has 5 heteroatoms. The molecule has 1 fully saturated rings. The molecule has 1 aliphatic heterocycles. The van der Waals surface area contributed by atoms with Gasteiger partial charge in [-0.05, 0) is 32.9 Å². The van der Waals surface area contributed by atoms with Gasteiger partial charge in [0, 0.05) is 25.1 Å². The Morgan fingerprint density at radius 3 is 2.50 bits per heavy atom. The minimum Gasteiger partial charge on any atom is -0.463 e. The molecule has 0 aliphatic carbocycles. The molecule has 0 aromatic rings. The van der Waals surface area contributed by atoms with Gasteiger partial charge in [-0.1, -0.05) is 6.58 Å². The van der Waals surface area contributed by atoms with E-state index in [2.05, 4.69) is 16.8 Å². The third kappa shape index (κ3) is 4.14. The maximum Gasteiger partial charge on any atom is 0.334 e. The summed E-state index contributed by atoms with van der Waals surface area (Å²) in [5.74, 6) is -0.119. The molecule has 0 atom stereocenters. The number of piperidine rings is 1. The summed E-state index contributed by atoms with van der Waals surface area (Å²) in [7, 11) is 1.66. The molecule has 0 unspecified atom stereocenters. The van der Waals surface area contributed by atoms with Crippen LogP contribution in [-0.4, -0.2) is 50.1 Å². The number of amides is 1. The summed E-state index contributed by atoms with van der Waals surface area (Å²) in [5.41, 5.74) is 0.482. The van der Waals surface area contributed by atoms with Gasteiger partial charge in [-0.25, -0.2) is 4.79 Å². The molecule has 1 N–H and O–H groups in total. The van der Waals surface area contributed by atoms with Crippen molar-refractivity contribution in [3.63, 3.8) is 0 Å². The quantitative estimate of drug-likeness (QED) is 0.575. The van der Waals surface area contributed by atoms with Crippen molar-refractivity contribution in [2.24, 2.45) is 5.92 Å². The lowest BCUT2D eigenvalue weighted by Crippen LogP contribution is -2.40. The molecule has 1 saturated heterocycles. The molecule has 5 nitrogen and oxygen atoms in total. The number of ether oxygens (including phenoxy) is 1. The molecule has 0 bridgehead atoms. The van der Waals surface area contributed by atoms with Crippen LogP contribution in [0, 0.1) is 5.92 Å². The van der Waals surface area contributed by atoms with Crippen molar-refractivity contribution in [3.05, 3.63) is 12.2 Å². The van der Waals surface area contributed by atoms with E-state index in [9.17, 15) is 9.59 Å². The third-order valence-electron chi connectivity index (χ3n) is 3.18. The van der Waals surface area contributed by atoms with Gasteiger partial charge in [-0.3, -0.25) is 9.69 Å². The Bertz CT molecular complexity index is 320. The number of likely N-dealkylation sites (tertiary alicyclic amines) is 1. The fourth-order valence-electron chi connectivity index (χ4n) is 2.13. The monoisotopic (exact) mass is 254 g/mol. The number of carbonyl (C=O) groups is 2. The second-order valence-electron chi connectivity index (χ2n) is 4.49. The molecule has 0 radical (unpaired) electrons. The van der Waals surface area contributed by atoms with Gasteiger partial charge in [0.2, 0.25) is 5.91 Å². The van der Waals surface area contributed by atoms with Crippen LogP contribution < -0.4 is 5.32 Å². The lowest BCUT2D eigenvalue weighted by molar-refractivity contribution is -0.139. The minimum atomic E-state index is -0.328. The summed E-state index contributed by atoms with van der Waals surface area (Å²) in [6.07, 6.45) is 1.66. The van der Waals surface area contributed by atoms with Crippen LogP contribution in [0.2, 0.25) is 0 Å². The Hall–Kier alpha value is -1.36. The first kappa shape index (κ1) is 14.7. The standard InChI is InChI=1S/C13H22N2O3/c1-4-18-13(17)10(2)9-15-7-5-11(6-8-15)12(16)14-3/h11H,2,4-9H2,1,3H3,(H,14,16). The van der Waals surface area contributed by atoms with Gasteiger partial charge in [0.1, 0.15) is 0 Å². The van der Waals surface area contributed by atoms with Crippen LogP contribution in [0.15, 0.2) is 12.2 Å². The lowest BCUT2D eigenvalue weighted by Gasteiger charge is -2.31. The van der Waals surface area contributed by atoms with E-state index in [-0.39, 0.29) is 17.8 Å². The molecule has 1 heterocycles. The van der Waals surface area contributed by atoms with Crippen molar-refractivity contribution in [1.29, 1.82) is 0 Å². The number of rotatable bonds is 5. The normalized spacial score (nSPS) is 17.2. The maximum absolute atomic E-state index is 11.5. The predicted octanol–water partition coefficient (Wildman–Crippen LogP) is 0.564. The summed E-state index contributed by atoms with van der Waals surface area (Å²) in [5, 5.41) is 2.68. The second kappa shape index (κ2) is 7.16. The largest absolute Gasteiger partial charge is 0.463 e. The molecular formula is C13H22N2O3. The number of hydrogen-bond acceptors (Lipinski definition) is 4. The van der Waals surface area contributed by atoms with Gasteiger partial charge >= 0.3 is 5.97 Å². The van der Waals surface area contributed by atoms with E-state index >= 15 is 0 Å². The zero-order valence-electron chi connectivity index (χ0n) is 11.2. The van der Waals surface area contributed by atoms with Gasteiger partial charge in [0.15, 0.2) is 0 Å². The van der Waals surface area contributed by atoms with Crippen molar-refractivity contribution in [2.45, 2.75) is 19.8 Å². The number of esters is 1. The van der Waals surface area contributed by atoms with Gasteiger partial charge in [0.05, 0.1) is 6.61 Å². The van der Waals surface area contributed by atoms with Crippen molar-refractivity contribution >= 4 is 11.9 Å². The first-order valence-electron chi connectivity index (χ1n) is 6.37. The summed E-state index contributed by atoms with van der Waals surface area (Å²) in [4.78, 5) is 25.0. The Morgan fingerprint density at radius 2 is 2.00 bits per heavy atom. The molecule has 102 valence electrons. The average molecular weight is 254 g/mol. The van der Waals surface area contributed by atoms with Crippen molar-refractivity contribution in [3.8, 4) is 0 Å². The third-order valence-corrected chi connectivity index (χ3v) is 3.18. The van der Waals surface area contributed by atoms with Gasteiger partial charge in [0.25, 0.3) is 0 Å². The lowest BCUT2D eigenvalue weighted by atomic mass is 9.96. The van der Waals surface area contributed by atoms with Crippen molar-refractivity contribution in [1.82, 2.24) is 10.2 Å². The van der Waals surface area contributed by atoms with Gasteiger partial charge in [-0.15, -0.1) is 0 Å². The van der Waals surface area contributed by atoms with Crippen molar-refractivity contribution < 1.29 is 14.3 Å². The number of hydrogen-bond donors (Lipinski definition) is 1. The van der Waals surface area contributed by atoms with Crippen LogP contribution in [0.5, 0.6) is 0 Å². The van der Waals surface area contributed by atoms with E-state index in [1.807, 2.05) is 0 Å². The topological polar surface area (TPSA) is 58.6 Å². The Kier molecular flexibility index (Phi) is 5.85. The SMILES string of the molecule is C=C(CN1CCC(C(=O)NC)CC1)C(=O)OCC. The highest BCUT2D eigenvalue weighted by Gasteiger charge is 2.25. The summed E-state index contributed by atoms with van der Waals surface area (Å²) in [6, 6.07) is 0. The van der Waals surface area contributed by atoms with Crippen LogP contribution in [-0.2, 0) is 14.3 Å². The molecule has 0 saturated carbocycles. The molecule has 0 aromatic heterocycles. The van der Waals surface area contributed by atoms with E-state index in [0.29, 0.717) is 18.7 Å². The number of carbonyl (C=O) groups excluding carboxylic acids is 2. The summed E-state index contributed by atoms with van der Waals surface area (Å²) in [6.45, 7) is 8.05. The average Bonchev–Trinajstić information content (AvgIpc) is 2.39. The molecule has 1 amide bonds. The zero-order chi connectivity index (χ0) is 13.5. The fraction of sp³-hybridized carbons (Fsp3) is 0.692. The smallest absolute Gasteiger partial charge is 0.334 e. The van der Waals surface area contributed by atoms with E-state index in [1.54, 1.807) is 14.0 Å². The van der Waals surface area contributed by atoms with Crippen LogP contribution >= 0.6 is 0 Å². The Labute approximate surface area is 108 Å². The van der Waals surface area contributed by atoms with Crippen LogP contribution in [0.4, 0.5) is 0 Å². The number of nitrogens with one attached hydrogen (secondary N) is 1. The van der Waals surface area contributed by atoms with Gasteiger partial charge < -0.3 is 10.1 Å². The molecule has 1 rings (SSSR count). The molecule has 18 heavy (non-hydrogen) atoms. The Morgan fingerprint density at radius 1 is 1.39 bits per heavy atom. The maximum atomic E-state index is 11.5. The highest BCUT2D eigenvalue weighted by Crippen LogP contribution is 2.18. The summed E-state index contributed by atoms with van der Waals surface area (Å²) < 4.78 is 4.89. The minimum absolute atomic E-state index is 0.0992. The fourth-order valence-corrected chi connectivity index (χ4v) is 2.13.